The van der Waals surface area contributed by atoms with Gasteiger partial charge in [-0.05, 0) is 137 Å². The Morgan fingerprint density at radius 2 is 1.13 bits per heavy atom. The Morgan fingerprint density at radius 1 is 0.544 bits per heavy atom. The third-order valence-corrected chi connectivity index (χ3v) is 16.0. The van der Waals surface area contributed by atoms with E-state index in [0.717, 1.165) is 30.6 Å². The Labute approximate surface area is 404 Å². The van der Waals surface area contributed by atoms with Crippen molar-refractivity contribution >= 4 is 68.0 Å². The lowest BCUT2D eigenvalue weighted by Crippen LogP contribution is -2.51. The molecule has 68 heavy (non-hydrogen) atoms. The lowest BCUT2D eigenvalue weighted by atomic mass is 9.31. The molecule has 7 aromatic rings. The Kier molecular flexibility index (Phi) is 10.3. The van der Waals surface area contributed by atoms with E-state index < -0.39 is 0 Å². The summed E-state index contributed by atoms with van der Waals surface area (Å²) in [6, 6.07) is 60.2. The molecule has 5 aliphatic rings. The zero-order valence-electron chi connectivity index (χ0n) is 40.7. The van der Waals surface area contributed by atoms with Crippen molar-refractivity contribution in [3.8, 4) is 0 Å². The van der Waals surface area contributed by atoms with Gasteiger partial charge < -0.3 is 14.7 Å². The van der Waals surface area contributed by atoms with Crippen LogP contribution in [0.1, 0.15) is 114 Å². The summed E-state index contributed by atoms with van der Waals surface area (Å²) in [5, 5.41) is 2.46. The van der Waals surface area contributed by atoms with Gasteiger partial charge in [-0.25, -0.2) is 0 Å². The van der Waals surface area contributed by atoms with Crippen LogP contribution in [-0.2, 0) is 17.3 Å². The van der Waals surface area contributed by atoms with E-state index in [-0.39, 0.29) is 17.5 Å². The molecule has 12 rings (SSSR count). The van der Waals surface area contributed by atoms with Crippen LogP contribution in [0.3, 0.4) is 0 Å². The predicted octanol–water partition coefficient (Wildman–Crippen LogP) is 16.6. The van der Waals surface area contributed by atoms with Crippen LogP contribution in [0.5, 0.6) is 0 Å². The summed E-state index contributed by atoms with van der Waals surface area (Å²) in [4.78, 5) is 8.02. The number of rotatable bonds is 11. The summed E-state index contributed by atoms with van der Waals surface area (Å²) in [6.45, 7) is 14.6. The fourth-order valence-electron chi connectivity index (χ4n) is 12.8. The van der Waals surface area contributed by atoms with Crippen molar-refractivity contribution in [3.63, 3.8) is 0 Å². The van der Waals surface area contributed by atoms with E-state index in [4.69, 9.17) is 0 Å². The quantitative estimate of drug-likeness (QED) is 0.120. The highest BCUT2D eigenvalue weighted by Crippen LogP contribution is 2.62. The predicted molar refractivity (Wildman–Crippen MR) is 291 cm³/mol. The topological polar surface area (TPSA) is 9.72 Å². The molecule has 336 valence electrons. The molecular weight excluding hydrogens is 822 g/mol. The summed E-state index contributed by atoms with van der Waals surface area (Å²) in [5.41, 5.74) is 23.8. The van der Waals surface area contributed by atoms with Gasteiger partial charge in [-0.1, -0.05) is 181 Å². The number of nitrogens with zero attached hydrogens (tertiary/aromatic N) is 3. The molecule has 0 saturated carbocycles. The van der Waals surface area contributed by atoms with E-state index in [9.17, 15) is 0 Å². The van der Waals surface area contributed by atoms with Crippen molar-refractivity contribution in [1.29, 1.82) is 0 Å². The van der Waals surface area contributed by atoms with Gasteiger partial charge in [0.05, 0.1) is 11.4 Å². The van der Waals surface area contributed by atoms with E-state index in [1.54, 1.807) is 5.57 Å². The minimum absolute atomic E-state index is 0.0174. The summed E-state index contributed by atoms with van der Waals surface area (Å²) >= 11 is 0. The second-order valence-electron chi connectivity index (χ2n) is 20.9. The number of fused-ring (bicyclic) bond motifs is 7. The maximum Gasteiger partial charge on any atom is 0.252 e. The van der Waals surface area contributed by atoms with E-state index in [1.807, 2.05) is 0 Å². The Hall–Kier alpha value is -6.78. The zero-order chi connectivity index (χ0) is 46.3. The number of benzene rings is 7. The molecule has 0 fully saturated rings. The SMILES string of the molecule is CCCCC1=CC=C(N2C3=C(B4C5=C(N(c6ccc(CCCC)cc6)c6cc(N(c7ccccc7)c7cccc8ccccc78)cc2c64)C(C)(C)c2ccccc25)c2ccccc2C3(C)C)CC1. The molecule has 0 unspecified atom stereocenters. The third-order valence-electron chi connectivity index (χ3n) is 16.0. The molecule has 0 saturated heterocycles. The summed E-state index contributed by atoms with van der Waals surface area (Å²) in [5.74, 6) is 0. The largest absolute Gasteiger partial charge is 0.318 e. The fourth-order valence-corrected chi connectivity index (χ4v) is 12.8. The third kappa shape index (κ3) is 6.47. The van der Waals surface area contributed by atoms with Crippen molar-refractivity contribution < 1.29 is 0 Å². The maximum absolute atomic E-state index is 2.77. The van der Waals surface area contributed by atoms with Crippen molar-refractivity contribution in [3.05, 3.63) is 220 Å². The number of anilines is 6. The number of hydrogen-bond donors (Lipinski definition) is 0. The molecule has 3 nitrogen and oxygen atoms in total. The van der Waals surface area contributed by atoms with Crippen LogP contribution in [0.25, 0.3) is 21.7 Å². The number of unbranched alkanes of at least 4 members (excludes halogenated alkanes) is 2. The molecule has 0 N–H and O–H groups in total. The molecule has 0 atom stereocenters. The molecule has 0 aromatic heterocycles. The van der Waals surface area contributed by atoms with E-state index >= 15 is 0 Å². The Bertz CT molecular complexity index is 3270. The first-order valence-electron chi connectivity index (χ1n) is 25.5. The fraction of sp³-hybridized carbons (Fsp3) is 0.250. The van der Waals surface area contributed by atoms with Crippen LogP contribution in [-0.4, -0.2) is 6.71 Å². The van der Waals surface area contributed by atoms with Crippen molar-refractivity contribution in [2.24, 2.45) is 0 Å². The van der Waals surface area contributed by atoms with Crippen LogP contribution < -0.4 is 20.2 Å². The van der Waals surface area contributed by atoms with Gasteiger partial charge in [0.1, 0.15) is 0 Å². The molecule has 0 spiro atoms. The smallest absolute Gasteiger partial charge is 0.252 e. The van der Waals surface area contributed by atoms with Crippen LogP contribution in [0, 0.1) is 0 Å². The summed E-state index contributed by atoms with van der Waals surface area (Å²) < 4.78 is 0. The Morgan fingerprint density at radius 3 is 1.79 bits per heavy atom. The lowest BCUT2D eigenvalue weighted by Gasteiger charge is -2.48. The highest BCUT2D eigenvalue weighted by Gasteiger charge is 2.57. The van der Waals surface area contributed by atoms with Gasteiger partial charge in [0.15, 0.2) is 0 Å². The minimum Gasteiger partial charge on any atom is -0.318 e. The molecule has 2 aliphatic heterocycles. The van der Waals surface area contributed by atoms with E-state index in [0.29, 0.717) is 0 Å². The van der Waals surface area contributed by atoms with Crippen LogP contribution >= 0.6 is 0 Å². The van der Waals surface area contributed by atoms with Gasteiger partial charge in [-0.15, -0.1) is 0 Å². The first kappa shape index (κ1) is 42.6. The Balaban J connectivity index is 1.22. The summed E-state index contributed by atoms with van der Waals surface area (Å²) in [6.07, 6.45) is 14.2. The van der Waals surface area contributed by atoms with Gasteiger partial charge in [0, 0.05) is 56.1 Å². The number of allylic oxidation sites excluding steroid dienone is 6. The van der Waals surface area contributed by atoms with E-state index in [1.165, 1.54) is 127 Å². The van der Waals surface area contributed by atoms with Gasteiger partial charge in [-0.3, -0.25) is 0 Å². The average molecular weight is 884 g/mol. The maximum atomic E-state index is 2.77. The molecule has 0 radical (unpaired) electrons. The highest BCUT2D eigenvalue weighted by molar-refractivity contribution is 7.06. The monoisotopic (exact) mass is 884 g/mol. The van der Waals surface area contributed by atoms with Crippen molar-refractivity contribution in [2.75, 3.05) is 14.7 Å². The van der Waals surface area contributed by atoms with Gasteiger partial charge >= 0.3 is 0 Å². The lowest BCUT2D eigenvalue weighted by molar-refractivity contribution is 0.613. The van der Waals surface area contributed by atoms with Gasteiger partial charge in [0.25, 0.3) is 6.71 Å². The normalized spacial score (nSPS) is 17.1. The minimum atomic E-state index is -0.285. The first-order valence-corrected chi connectivity index (χ1v) is 25.5. The molecule has 7 aromatic carbocycles. The molecule has 4 heteroatoms. The first-order chi connectivity index (χ1) is 33.2. The standard InChI is InChI=1S/C64H62BN3/c1-7-9-21-43-33-37-47(38-34-43)67-56-41-49(66(46-25-12-11-13-26-46)55-32-20-24-45-23-14-15-27-50(45)55)42-57-60(56)65(58-51-28-16-18-30-53(51)63(3,4)61(58)67)59-52-29-17-19-31-54(52)64(5,6)62(59)68(57)48-39-35-44(36-40-48)22-10-8-2/h11-20,23-35,37-39,41-42H,7-10,21-22,36,40H2,1-6H3. The molecule has 2 heterocycles. The highest BCUT2D eigenvalue weighted by atomic mass is 15.2. The summed E-state index contributed by atoms with van der Waals surface area (Å²) in [7, 11) is 0. The number of aryl methyl sites for hydroxylation is 1. The molecule has 0 amide bonds. The van der Waals surface area contributed by atoms with E-state index in [2.05, 4.69) is 226 Å². The van der Waals surface area contributed by atoms with Gasteiger partial charge in [0.2, 0.25) is 0 Å². The van der Waals surface area contributed by atoms with Crippen molar-refractivity contribution in [2.45, 2.75) is 104 Å². The second-order valence-corrected chi connectivity index (χ2v) is 20.9. The second kappa shape index (κ2) is 16.5. The van der Waals surface area contributed by atoms with Gasteiger partial charge in [-0.2, -0.15) is 0 Å². The van der Waals surface area contributed by atoms with Crippen LogP contribution in [0.4, 0.5) is 34.1 Å². The average Bonchev–Trinajstić information content (AvgIpc) is 3.76. The number of hydrogen-bond acceptors (Lipinski definition) is 3. The van der Waals surface area contributed by atoms with Crippen molar-refractivity contribution in [1.82, 2.24) is 0 Å². The zero-order valence-corrected chi connectivity index (χ0v) is 40.7. The molecule has 3 aliphatic carbocycles. The molecular formula is C64H62BN3. The number of para-hydroxylation sites is 1. The van der Waals surface area contributed by atoms with Crippen LogP contribution in [0.2, 0.25) is 0 Å². The van der Waals surface area contributed by atoms with Crippen LogP contribution in [0.15, 0.2) is 193 Å². The molecule has 0 bridgehead atoms.